The molecule has 1 aliphatic heterocycles. The van der Waals surface area contributed by atoms with Gasteiger partial charge in [-0.1, -0.05) is 0 Å². The van der Waals surface area contributed by atoms with Gasteiger partial charge < -0.3 is 18.8 Å². The van der Waals surface area contributed by atoms with Crippen molar-refractivity contribution in [2.24, 2.45) is 0 Å². The number of rotatable bonds is 3. The van der Waals surface area contributed by atoms with E-state index in [1.807, 2.05) is 28.7 Å². The number of fused-ring (bicyclic) bond motifs is 1. The maximum atomic E-state index is 12.7. The van der Waals surface area contributed by atoms with Crippen molar-refractivity contribution in [1.29, 1.82) is 0 Å². The van der Waals surface area contributed by atoms with Gasteiger partial charge in [-0.05, 0) is 24.3 Å². The molecule has 2 aromatic heterocycles. The molecule has 1 aliphatic rings. The minimum atomic E-state index is -0.0762. The van der Waals surface area contributed by atoms with Crippen LogP contribution in [0.15, 0.2) is 42.9 Å². The SMILES string of the molecule is COc1ccc(-c2nccn3cc(C(=O)N4CCOCC4)nc23)cc1. The number of hydrogen-bond acceptors (Lipinski definition) is 5. The zero-order valence-corrected chi connectivity index (χ0v) is 13.9. The van der Waals surface area contributed by atoms with Crippen LogP contribution in [0, 0.1) is 0 Å². The summed E-state index contributed by atoms with van der Waals surface area (Å²) in [6.07, 6.45) is 5.25. The van der Waals surface area contributed by atoms with Gasteiger partial charge in [0, 0.05) is 37.2 Å². The molecule has 3 heterocycles. The molecule has 0 N–H and O–H groups in total. The molecule has 0 saturated carbocycles. The number of benzene rings is 1. The zero-order valence-electron chi connectivity index (χ0n) is 13.9. The Hall–Kier alpha value is -2.93. The van der Waals surface area contributed by atoms with E-state index in [9.17, 15) is 4.79 Å². The number of ether oxygens (including phenoxy) is 2. The molecule has 1 saturated heterocycles. The largest absolute Gasteiger partial charge is 0.497 e. The van der Waals surface area contributed by atoms with Crippen LogP contribution in [0.1, 0.15) is 10.5 Å². The molecule has 128 valence electrons. The summed E-state index contributed by atoms with van der Waals surface area (Å²) in [5.74, 6) is 0.704. The topological polar surface area (TPSA) is 69.0 Å². The molecule has 1 aromatic carbocycles. The Morgan fingerprint density at radius 1 is 1.20 bits per heavy atom. The lowest BCUT2D eigenvalue weighted by Gasteiger charge is -2.25. The van der Waals surface area contributed by atoms with E-state index in [2.05, 4.69) is 9.97 Å². The predicted molar refractivity (Wildman–Crippen MR) is 91.7 cm³/mol. The first-order valence-corrected chi connectivity index (χ1v) is 8.11. The summed E-state index contributed by atoms with van der Waals surface area (Å²) in [4.78, 5) is 23.4. The first-order valence-electron chi connectivity index (χ1n) is 8.11. The average Bonchev–Trinajstić information content (AvgIpc) is 3.12. The van der Waals surface area contributed by atoms with Crippen LogP contribution in [0.4, 0.5) is 0 Å². The minimum absolute atomic E-state index is 0.0762. The standard InChI is InChI=1S/C18H18N4O3/c1-24-14-4-2-13(3-5-14)16-17-20-15(12-22(17)7-6-19-16)18(23)21-8-10-25-11-9-21/h2-7,12H,8-11H2,1H3. The summed E-state index contributed by atoms with van der Waals surface area (Å²) >= 11 is 0. The van der Waals surface area contributed by atoms with Crippen molar-refractivity contribution in [1.82, 2.24) is 19.3 Å². The fourth-order valence-electron chi connectivity index (χ4n) is 2.90. The zero-order chi connectivity index (χ0) is 17.2. The lowest BCUT2D eigenvalue weighted by Crippen LogP contribution is -2.40. The monoisotopic (exact) mass is 338 g/mol. The van der Waals surface area contributed by atoms with E-state index in [-0.39, 0.29) is 5.91 Å². The molecule has 7 nitrogen and oxygen atoms in total. The van der Waals surface area contributed by atoms with Gasteiger partial charge in [-0.3, -0.25) is 9.78 Å². The van der Waals surface area contributed by atoms with Crippen molar-refractivity contribution in [2.75, 3.05) is 33.4 Å². The Morgan fingerprint density at radius 3 is 2.68 bits per heavy atom. The Balaban J connectivity index is 1.71. The van der Waals surface area contributed by atoms with Crippen molar-refractivity contribution in [3.8, 4) is 17.0 Å². The molecule has 4 rings (SSSR count). The van der Waals surface area contributed by atoms with E-state index < -0.39 is 0 Å². The van der Waals surface area contributed by atoms with Crippen LogP contribution in [-0.2, 0) is 4.74 Å². The first-order chi connectivity index (χ1) is 12.3. The van der Waals surface area contributed by atoms with Crippen LogP contribution in [0.3, 0.4) is 0 Å². The van der Waals surface area contributed by atoms with Crippen LogP contribution in [0.5, 0.6) is 5.75 Å². The molecule has 0 radical (unpaired) electrons. The molecule has 25 heavy (non-hydrogen) atoms. The lowest BCUT2D eigenvalue weighted by atomic mass is 10.1. The third kappa shape index (κ3) is 2.94. The summed E-state index contributed by atoms with van der Waals surface area (Å²) in [7, 11) is 1.63. The van der Waals surface area contributed by atoms with Crippen LogP contribution >= 0.6 is 0 Å². The van der Waals surface area contributed by atoms with Crippen molar-refractivity contribution in [3.05, 3.63) is 48.5 Å². The molecular formula is C18H18N4O3. The highest BCUT2D eigenvalue weighted by Gasteiger charge is 2.22. The van der Waals surface area contributed by atoms with Gasteiger partial charge in [0.2, 0.25) is 0 Å². The average molecular weight is 338 g/mol. The second kappa shape index (κ2) is 6.52. The minimum Gasteiger partial charge on any atom is -0.497 e. The number of carbonyl (C=O) groups excluding carboxylic acids is 1. The second-order valence-electron chi connectivity index (χ2n) is 5.77. The van der Waals surface area contributed by atoms with E-state index in [0.717, 1.165) is 17.0 Å². The van der Waals surface area contributed by atoms with Crippen LogP contribution in [0.2, 0.25) is 0 Å². The molecule has 1 amide bonds. The Labute approximate surface area is 144 Å². The van der Waals surface area contributed by atoms with Crippen molar-refractivity contribution < 1.29 is 14.3 Å². The normalized spacial score (nSPS) is 14.7. The van der Waals surface area contributed by atoms with E-state index in [4.69, 9.17) is 9.47 Å². The van der Waals surface area contributed by atoms with Crippen molar-refractivity contribution in [2.45, 2.75) is 0 Å². The quantitative estimate of drug-likeness (QED) is 0.729. The van der Waals surface area contributed by atoms with Gasteiger partial charge >= 0.3 is 0 Å². The van der Waals surface area contributed by atoms with Crippen LogP contribution in [0.25, 0.3) is 16.9 Å². The molecule has 0 bridgehead atoms. The van der Waals surface area contributed by atoms with Crippen LogP contribution in [-0.4, -0.2) is 58.6 Å². The second-order valence-corrected chi connectivity index (χ2v) is 5.77. The highest BCUT2D eigenvalue weighted by Crippen LogP contribution is 2.24. The lowest BCUT2D eigenvalue weighted by molar-refractivity contribution is 0.0299. The number of carbonyl (C=O) groups is 1. The Morgan fingerprint density at radius 2 is 1.96 bits per heavy atom. The molecule has 3 aromatic rings. The van der Waals surface area contributed by atoms with Gasteiger partial charge in [0.1, 0.15) is 17.1 Å². The Bertz CT molecular complexity index is 898. The van der Waals surface area contributed by atoms with Gasteiger partial charge in [-0.15, -0.1) is 0 Å². The number of imidazole rings is 1. The molecular weight excluding hydrogens is 320 g/mol. The number of hydrogen-bond donors (Lipinski definition) is 0. The highest BCUT2D eigenvalue weighted by molar-refractivity contribution is 5.93. The number of amides is 1. The fourth-order valence-corrected chi connectivity index (χ4v) is 2.90. The summed E-state index contributed by atoms with van der Waals surface area (Å²) in [6.45, 7) is 2.32. The van der Waals surface area contributed by atoms with Crippen molar-refractivity contribution >= 4 is 11.6 Å². The number of morpholine rings is 1. The number of methoxy groups -OCH3 is 1. The van der Waals surface area contributed by atoms with Gasteiger partial charge in [0.25, 0.3) is 5.91 Å². The number of nitrogens with zero attached hydrogens (tertiary/aromatic N) is 4. The van der Waals surface area contributed by atoms with Gasteiger partial charge in [-0.25, -0.2) is 4.98 Å². The van der Waals surface area contributed by atoms with E-state index in [0.29, 0.717) is 37.6 Å². The smallest absolute Gasteiger partial charge is 0.274 e. The Kier molecular flexibility index (Phi) is 4.07. The van der Waals surface area contributed by atoms with Gasteiger partial charge in [-0.2, -0.15) is 0 Å². The van der Waals surface area contributed by atoms with E-state index >= 15 is 0 Å². The summed E-state index contributed by atoms with van der Waals surface area (Å²) in [6, 6.07) is 7.62. The molecule has 0 unspecified atom stereocenters. The third-order valence-electron chi connectivity index (χ3n) is 4.26. The molecule has 0 aliphatic carbocycles. The molecule has 1 fully saturated rings. The van der Waals surface area contributed by atoms with Crippen LogP contribution < -0.4 is 4.74 Å². The first kappa shape index (κ1) is 15.6. The predicted octanol–water partition coefficient (Wildman–Crippen LogP) is 1.88. The third-order valence-corrected chi connectivity index (χ3v) is 4.26. The summed E-state index contributed by atoms with van der Waals surface area (Å²) in [5.41, 5.74) is 2.72. The van der Waals surface area contributed by atoms with E-state index in [1.54, 1.807) is 30.6 Å². The maximum absolute atomic E-state index is 12.7. The summed E-state index contributed by atoms with van der Waals surface area (Å²) in [5, 5.41) is 0. The molecule has 0 atom stereocenters. The van der Waals surface area contributed by atoms with E-state index in [1.165, 1.54) is 0 Å². The molecule has 0 spiro atoms. The van der Waals surface area contributed by atoms with Crippen molar-refractivity contribution in [3.63, 3.8) is 0 Å². The fraction of sp³-hybridized carbons (Fsp3) is 0.278. The van der Waals surface area contributed by atoms with Gasteiger partial charge in [0.15, 0.2) is 5.65 Å². The maximum Gasteiger partial charge on any atom is 0.274 e. The highest BCUT2D eigenvalue weighted by atomic mass is 16.5. The molecule has 7 heteroatoms. The number of aromatic nitrogens is 3. The van der Waals surface area contributed by atoms with Gasteiger partial charge in [0.05, 0.1) is 20.3 Å². The summed E-state index contributed by atoms with van der Waals surface area (Å²) < 4.78 is 12.3.